The molecule has 0 aliphatic carbocycles. The topological polar surface area (TPSA) is 71.1 Å². The summed E-state index contributed by atoms with van der Waals surface area (Å²) in [6.45, 7) is 1.93. The average molecular weight is 432 g/mol. The number of amides is 1. The van der Waals surface area contributed by atoms with Crippen molar-refractivity contribution in [2.45, 2.75) is 6.92 Å². The quantitative estimate of drug-likeness (QED) is 0.515. The molecule has 30 heavy (non-hydrogen) atoms. The molecular weight excluding hydrogens is 414 g/mol. The molecule has 0 atom stereocenters. The number of aryl methyl sites for hydroxylation is 1. The van der Waals surface area contributed by atoms with E-state index in [0.717, 1.165) is 33.2 Å². The summed E-state index contributed by atoms with van der Waals surface area (Å²) in [7, 11) is 0. The number of aromatic nitrogens is 2. The van der Waals surface area contributed by atoms with Gasteiger partial charge in [-0.05, 0) is 12.5 Å². The fraction of sp³-hybridized carbons (Fsp3) is 0.0909. The number of thioether (sulfide) groups is 1. The van der Waals surface area contributed by atoms with Gasteiger partial charge in [-0.3, -0.25) is 14.5 Å². The standard InChI is InChI=1S/C22H17N5OS2/c1-14-19(30-22-23-17(12-27(14)22)15-8-4-2-5-9-15)20(28)24-21-26-25-18(13-29-21)16-10-6-3-7-11-16/h2-12H,13H2,1H3,(H,24,26,28). The van der Waals surface area contributed by atoms with Crippen LogP contribution in [-0.2, 0) is 0 Å². The van der Waals surface area contributed by atoms with Gasteiger partial charge >= 0.3 is 0 Å². The van der Waals surface area contributed by atoms with Crippen LogP contribution >= 0.6 is 23.1 Å². The van der Waals surface area contributed by atoms with Crippen LogP contribution in [0.4, 0.5) is 0 Å². The molecule has 0 bridgehead atoms. The maximum atomic E-state index is 12.8. The van der Waals surface area contributed by atoms with E-state index < -0.39 is 0 Å². The number of amidine groups is 1. The molecule has 0 radical (unpaired) electrons. The minimum Gasteiger partial charge on any atom is -0.299 e. The van der Waals surface area contributed by atoms with E-state index in [-0.39, 0.29) is 5.91 Å². The van der Waals surface area contributed by atoms with Crippen molar-refractivity contribution in [3.63, 3.8) is 0 Å². The number of rotatable bonds is 3. The number of hydrogen-bond donors (Lipinski definition) is 1. The fourth-order valence-electron chi connectivity index (χ4n) is 3.20. The van der Waals surface area contributed by atoms with Crippen LogP contribution in [0.5, 0.6) is 0 Å². The van der Waals surface area contributed by atoms with Gasteiger partial charge in [-0.1, -0.05) is 83.8 Å². The summed E-state index contributed by atoms with van der Waals surface area (Å²) in [6, 6.07) is 19.9. The van der Waals surface area contributed by atoms with E-state index in [2.05, 4.69) is 20.5 Å². The number of nitrogens with one attached hydrogen (secondary N) is 1. The summed E-state index contributed by atoms with van der Waals surface area (Å²) >= 11 is 2.85. The molecule has 6 nitrogen and oxygen atoms in total. The van der Waals surface area contributed by atoms with Gasteiger partial charge in [0.2, 0.25) is 0 Å². The second-order valence-corrected chi connectivity index (χ2v) is 8.66. The third-order valence-electron chi connectivity index (χ3n) is 4.77. The molecule has 148 valence electrons. The molecule has 2 aromatic heterocycles. The number of carbonyl (C=O) groups is 1. The van der Waals surface area contributed by atoms with Crippen molar-refractivity contribution in [1.29, 1.82) is 0 Å². The van der Waals surface area contributed by atoms with E-state index in [9.17, 15) is 4.79 Å². The third-order valence-corrected chi connectivity index (χ3v) is 6.80. The van der Waals surface area contributed by atoms with Crippen LogP contribution in [0.25, 0.3) is 16.2 Å². The summed E-state index contributed by atoms with van der Waals surface area (Å²) in [5, 5.41) is 11.9. The van der Waals surface area contributed by atoms with Crippen molar-refractivity contribution >= 4 is 44.8 Å². The second kappa shape index (κ2) is 7.89. The Kier molecular flexibility index (Phi) is 4.94. The van der Waals surface area contributed by atoms with Gasteiger partial charge in [-0.15, -0.1) is 5.10 Å². The van der Waals surface area contributed by atoms with Gasteiger partial charge < -0.3 is 0 Å². The Morgan fingerprint density at radius 2 is 1.70 bits per heavy atom. The SMILES string of the molecule is Cc1c(C(=O)NC2=NN=C(c3ccccc3)CS2)sc2nc(-c3ccccc3)cn12. The predicted octanol–water partition coefficient (Wildman–Crippen LogP) is 4.61. The summed E-state index contributed by atoms with van der Waals surface area (Å²) in [6.07, 6.45) is 1.97. The van der Waals surface area contributed by atoms with E-state index in [1.807, 2.05) is 78.2 Å². The summed E-state index contributed by atoms with van der Waals surface area (Å²) in [4.78, 5) is 18.9. The Labute approximate surface area is 181 Å². The van der Waals surface area contributed by atoms with Gasteiger partial charge in [0.1, 0.15) is 4.88 Å². The molecule has 0 saturated heterocycles. The molecule has 1 aliphatic heterocycles. The predicted molar refractivity (Wildman–Crippen MR) is 124 cm³/mol. The molecule has 0 fully saturated rings. The molecule has 5 rings (SSSR count). The van der Waals surface area contributed by atoms with Crippen molar-refractivity contribution in [3.8, 4) is 11.3 Å². The molecule has 1 amide bonds. The Hall–Kier alpha value is -3.23. The van der Waals surface area contributed by atoms with Gasteiger partial charge in [0.15, 0.2) is 10.1 Å². The maximum absolute atomic E-state index is 12.8. The molecular formula is C22H17N5OS2. The number of nitrogens with zero attached hydrogens (tertiary/aromatic N) is 4. The van der Waals surface area contributed by atoms with Crippen LogP contribution in [0.2, 0.25) is 0 Å². The van der Waals surface area contributed by atoms with Gasteiger partial charge in [0.05, 0.1) is 11.4 Å². The zero-order valence-electron chi connectivity index (χ0n) is 16.1. The zero-order valence-corrected chi connectivity index (χ0v) is 17.7. The zero-order chi connectivity index (χ0) is 20.5. The summed E-state index contributed by atoms with van der Waals surface area (Å²) in [5.74, 6) is 0.477. The van der Waals surface area contributed by atoms with E-state index in [1.165, 1.54) is 23.1 Å². The Balaban J connectivity index is 1.35. The van der Waals surface area contributed by atoms with E-state index in [1.54, 1.807) is 0 Å². The Bertz CT molecular complexity index is 1290. The molecule has 2 aromatic carbocycles. The minimum absolute atomic E-state index is 0.186. The van der Waals surface area contributed by atoms with Gasteiger partial charge in [0, 0.05) is 23.2 Å². The van der Waals surface area contributed by atoms with Crippen molar-refractivity contribution in [2.75, 3.05) is 5.75 Å². The van der Waals surface area contributed by atoms with Gasteiger partial charge in [-0.2, -0.15) is 5.10 Å². The molecule has 8 heteroatoms. The lowest BCUT2D eigenvalue weighted by atomic mass is 10.1. The van der Waals surface area contributed by atoms with Crippen molar-refractivity contribution in [3.05, 3.63) is 83.0 Å². The number of fused-ring (bicyclic) bond motifs is 1. The molecule has 3 heterocycles. The summed E-state index contributed by atoms with van der Waals surface area (Å²) in [5.41, 5.74) is 4.75. The number of carbonyl (C=O) groups excluding carboxylic acids is 1. The second-order valence-electron chi connectivity index (χ2n) is 6.72. The lowest BCUT2D eigenvalue weighted by Crippen LogP contribution is -2.30. The molecule has 0 unspecified atom stereocenters. The lowest BCUT2D eigenvalue weighted by molar-refractivity contribution is 0.0981. The smallest absolute Gasteiger partial charge is 0.269 e. The molecule has 0 spiro atoms. The first-order valence-corrected chi connectivity index (χ1v) is 11.2. The van der Waals surface area contributed by atoms with Crippen LogP contribution in [0.15, 0.2) is 77.1 Å². The first-order chi connectivity index (χ1) is 14.7. The molecule has 0 saturated carbocycles. The normalized spacial score (nSPS) is 13.8. The maximum Gasteiger partial charge on any atom is 0.269 e. The van der Waals surface area contributed by atoms with E-state index in [0.29, 0.717) is 15.8 Å². The highest BCUT2D eigenvalue weighted by Gasteiger charge is 2.21. The Morgan fingerprint density at radius 1 is 1.00 bits per heavy atom. The highest BCUT2D eigenvalue weighted by atomic mass is 32.2. The highest BCUT2D eigenvalue weighted by molar-refractivity contribution is 8.14. The first kappa shape index (κ1) is 18.8. The molecule has 1 aliphatic rings. The number of benzene rings is 2. The lowest BCUT2D eigenvalue weighted by Gasteiger charge is -2.12. The largest absolute Gasteiger partial charge is 0.299 e. The molecule has 4 aromatic rings. The van der Waals surface area contributed by atoms with Gasteiger partial charge in [-0.25, -0.2) is 4.98 Å². The average Bonchev–Trinajstić information content (AvgIpc) is 3.35. The molecule has 1 N–H and O–H groups in total. The minimum atomic E-state index is -0.186. The number of hydrogen-bond acceptors (Lipinski definition) is 6. The van der Waals surface area contributed by atoms with Crippen molar-refractivity contribution in [2.24, 2.45) is 10.2 Å². The van der Waals surface area contributed by atoms with Crippen LogP contribution in [0, 0.1) is 6.92 Å². The third kappa shape index (κ3) is 3.55. The summed E-state index contributed by atoms with van der Waals surface area (Å²) < 4.78 is 1.96. The van der Waals surface area contributed by atoms with Gasteiger partial charge in [0.25, 0.3) is 5.91 Å². The highest BCUT2D eigenvalue weighted by Crippen LogP contribution is 2.27. The van der Waals surface area contributed by atoms with Crippen molar-refractivity contribution in [1.82, 2.24) is 14.7 Å². The van der Waals surface area contributed by atoms with Crippen LogP contribution in [-0.4, -0.2) is 31.9 Å². The van der Waals surface area contributed by atoms with Crippen LogP contribution < -0.4 is 5.32 Å². The van der Waals surface area contributed by atoms with Crippen LogP contribution in [0.3, 0.4) is 0 Å². The number of imidazole rings is 1. The number of thiazole rings is 1. The monoisotopic (exact) mass is 431 g/mol. The van der Waals surface area contributed by atoms with Crippen LogP contribution in [0.1, 0.15) is 20.9 Å². The van der Waals surface area contributed by atoms with E-state index >= 15 is 0 Å². The van der Waals surface area contributed by atoms with E-state index in [4.69, 9.17) is 0 Å². The fourth-order valence-corrected chi connectivity index (χ4v) is 4.96. The van der Waals surface area contributed by atoms with Crippen molar-refractivity contribution < 1.29 is 4.79 Å². The Morgan fingerprint density at radius 3 is 2.33 bits per heavy atom. The first-order valence-electron chi connectivity index (χ1n) is 9.37.